The summed E-state index contributed by atoms with van der Waals surface area (Å²) >= 11 is 0. The maximum Gasteiger partial charge on any atom is 0.419 e. The van der Waals surface area contributed by atoms with Crippen LogP contribution in [0.2, 0.25) is 0 Å². The number of halogens is 4. The van der Waals surface area contributed by atoms with E-state index < -0.39 is 17.6 Å². The van der Waals surface area contributed by atoms with E-state index in [-0.39, 0.29) is 42.0 Å². The SMILES string of the molecule is N#Cc1cccc(C23CCC(C(CCN4CCCC4CO)CC(=O)Nc4ccc(F)c(C(F)(F)F)c4)CC2C3)c1. The Morgan fingerprint density at radius 1 is 1.23 bits per heavy atom. The third kappa shape index (κ3) is 6.03. The van der Waals surface area contributed by atoms with Crippen molar-refractivity contribution in [2.24, 2.45) is 17.8 Å². The summed E-state index contributed by atoms with van der Waals surface area (Å²) in [6, 6.07) is 12.7. The standard InChI is InChI=1S/C31H35F4N3O2/c32-28-7-6-25(16-27(28)31(33,34)35)37-29(40)15-22(9-12-38-11-2-5-26(38)19-39)21-8-10-30(17-24(30)14-21)23-4-1-3-20(13-23)18-36/h1,3-4,6-7,13,16,21-22,24,26,39H,2,5,8-12,14-15,17,19H2,(H,37,40). The van der Waals surface area contributed by atoms with Gasteiger partial charge in [-0.15, -0.1) is 0 Å². The summed E-state index contributed by atoms with van der Waals surface area (Å²) in [6.07, 6.45) is 1.99. The van der Waals surface area contributed by atoms with Gasteiger partial charge in [0.15, 0.2) is 0 Å². The number of alkyl halides is 3. The number of hydrogen-bond acceptors (Lipinski definition) is 4. The molecule has 0 bridgehead atoms. The minimum atomic E-state index is -4.85. The van der Waals surface area contributed by atoms with Gasteiger partial charge in [-0.3, -0.25) is 9.69 Å². The van der Waals surface area contributed by atoms with Gasteiger partial charge in [-0.1, -0.05) is 12.1 Å². The molecule has 40 heavy (non-hydrogen) atoms. The van der Waals surface area contributed by atoms with Gasteiger partial charge in [0.25, 0.3) is 0 Å². The van der Waals surface area contributed by atoms with Crippen molar-refractivity contribution in [2.75, 3.05) is 25.0 Å². The Morgan fingerprint density at radius 2 is 2.05 bits per heavy atom. The highest BCUT2D eigenvalue weighted by Crippen LogP contribution is 2.64. The van der Waals surface area contributed by atoms with Crippen LogP contribution in [0, 0.1) is 34.9 Å². The van der Waals surface area contributed by atoms with E-state index in [0.29, 0.717) is 23.5 Å². The highest BCUT2D eigenvalue weighted by atomic mass is 19.4. The number of aliphatic hydroxyl groups excluding tert-OH is 1. The number of amides is 1. The predicted octanol–water partition coefficient (Wildman–Crippen LogP) is 6.27. The molecule has 2 N–H and O–H groups in total. The number of likely N-dealkylation sites (tertiary alicyclic amines) is 1. The molecule has 9 heteroatoms. The van der Waals surface area contributed by atoms with Crippen LogP contribution >= 0.6 is 0 Å². The Labute approximate surface area is 232 Å². The van der Waals surface area contributed by atoms with Crippen molar-refractivity contribution in [3.05, 3.63) is 65.0 Å². The van der Waals surface area contributed by atoms with Crippen LogP contribution in [0.25, 0.3) is 0 Å². The first-order valence-corrected chi connectivity index (χ1v) is 14.1. The van der Waals surface area contributed by atoms with Crippen LogP contribution < -0.4 is 5.32 Å². The quantitative estimate of drug-likeness (QED) is 0.357. The molecule has 3 aliphatic rings. The largest absolute Gasteiger partial charge is 0.419 e. The highest BCUT2D eigenvalue weighted by molar-refractivity contribution is 5.91. The summed E-state index contributed by atoms with van der Waals surface area (Å²) in [7, 11) is 0. The lowest BCUT2D eigenvalue weighted by atomic mass is 9.71. The smallest absolute Gasteiger partial charge is 0.395 e. The Hall–Kier alpha value is -2.96. The number of rotatable bonds is 9. The first-order chi connectivity index (χ1) is 19.1. The van der Waals surface area contributed by atoms with Crippen molar-refractivity contribution in [3.63, 3.8) is 0 Å². The molecule has 1 saturated heterocycles. The Morgan fingerprint density at radius 3 is 2.77 bits per heavy atom. The second-order valence-electron chi connectivity index (χ2n) is 11.8. The molecule has 214 valence electrons. The van der Waals surface area contributed by atoms with Crippen molar-refractivity contribution >= 4 is 11.6 Å². The fourth-order valence-corrected chi connectivity index (χ4v) is 7.25. The monoisotopic (exact) mass is 557 g/mol. The van der Waals surface area contributed by atoms with Gasteiger partial charge >= 0.3 is 6.18 Å². The molecule has 2 aromatic rings. The normalized spacial score (nSPS) is 27.1. The Kier molecular flexibility index (Phi) is 8.21. The van der Waals surface area contributed by atoms with E-state index in [2.05, 4.69) is 22.4 Å². The summed E-state index contributed by atoms with van der Waals surface area (Å²) < 4.78 is 53.3. The maximum absolute atomic E-state index is 13.7. The number of aliphatic hydroxyl groups is 1. The van der Waals surface area contributed by atoms with Crippen LogP contribution in [0.3, 0.4) is 0 Å². The molecule has 5 atom stereocenters. The predicted molar refractivity (Wildman–Crippen MR) is 143 cm³/mol. The number of carbonyl (C=O) groups is 1. The van der Waals surface area contributed by atoms with Crippen LogP contribution in [0.4, 0.5) is 23.2 Å². The van der Waals surface area contributed by atoms with E-state index in [1.165, 1.54) is 5.56 Å². The zero-order valence-electron chi connectivity index (χ0n) is 22.4. The topological polar surface area (TPSA) is 76.4 Å². The summed E-state index contributed by atoms with van der Waals surface area (Å²) in [4.78, 5) is 15.4. The van der Waals surface area contributed by atoms with Crippen LogP contribution in [0.1, 0.15) is 68.1 Å². The van der Waals surface area contributed by atoms with Gasteiger partial charge < -0.3 is 10.4 Å². The third-order valence-corrected chi connectivity index (χ3v) is 9.51. The molecule has 1 heterocycles. The third-order valence-electron chi connectivity index (χ3n) is 9.51. The summed E-state index contributed by atoms with van der Waals surface area (Å²) in [5.41, 5.74) is 0.495. The first-order valence-electron chi connectivity index (χ1n) is 14.1. The van der Waals surface area contributed by atoms with Crippen molar-refractivity contribution < 1.29 is 27.5 Å². The summed E-state index contributed by atoms with van der Waals surface area (Å²) in [5.74, 6) is -0.942. The van der Waals surface area contributed by atoms with Gasteiger partial charge in [0.05, 0.1) is 23.8 Å². The van der Waals surface area contributed by atoms with Crippen LogP contribution in [-0.4, -0.2) is 41.7 Å². The number of anilines is 1. The summed E-state index contributed by atoms with van der Waals surface area (Å²) in [6.45, 7) is 1.77. The number of hydrogen-bond donors (Lipinski definition) is 2. The zero-order chi connectivity index (χ0) is 28.5. The number of carbonyl (C=O) groups excluding carboxylic acids is 1. The Balaban J connectivity index is 1.28. The van der Waals surface area contributed by atoms with Gasteiger partial charge in [0, 0.05) is 18.2 Å². The van der Waals surface area contributed by atoms with E-state index in [1.807, 2.05) is 18.2 Å². The molecule has 2 aromatic carbocycles. The van der Waals surface area contributed by atoms with E-state index in [1.54, 1.807) is 0 Å². The molecule has 0 spiro atoms. The molecule has 0 aromatic heterocycles. The van der Waals surface area contributed by atoms with Crippen LogP contribution in [-0.2, 0) is 16.4 Å². The molecule has 1 amide bonds. The fourth-order valence-electron chi connectivity index (χ4n) is 7.25. The molecule has 5 unspecified atom stereocenters. The number of fused-ring (bicyclic) bond motifs is 1. The average Bonchev–Trinajstić information content (AvgIpc) is 3.51. The maximum atomic E-state index is 13.7. The molecule has 2 aliphatic carbocycles. The molecule has 5 rings (SSSR count). The van der Waals surface area contributed by atoms with Crippen LogP contribution in [0.5, 0.6) is 0 Å². The second-order valence-corrected chi connectivity index (χ2v) is 11.8. The average molecular weight is 558 g/mol. The highest BCUT2D eigenvalue weighted by Gasteiger charge is 2.58. The molecule has 1 aliphatic heterocycles. The van der Waals surface area contributed by atoms with Gasteiger partial charge in [-0.25, -0.2) is 4.39 Å². The van der Waals surface area contributed by atoms with E-state index in [9.17, 15) is 32.7 Å². The lowest BCUT2D eigenvalue weighted by Gasteiger charge is -2.35. The van der Waals surface area contributed by atoms with Gasteiger partial charge in [-0.05, 0) is 117 Å². The van der Waals surface area contributed by atoms with Crippen molar-refractivity contribution in [3.8, 4) is 6.07 Å². The Bertz CT molecular complexity index is 1280. The van der Waals surface area contributed by atoms with Crippen molar-refractivity contribution in [1.29, 1.82) is 5.26 Å². The molecule has 3 fully saturated rings. The number of benzene rings is 2. The minimum Gasteiger partial charge on any atom is -0.395 e. The minimum absolute atomic E-state index is 0.0338. The number of nitrogens with zero attached hydrogens (tertiary/aromatic N) is 2. The van der Waals surface area contributed by atoms with E-state index >= 15 is 0 Å². The molecular formula is C31H35F4N3O2. The molecule has 5 nitrogen and oxygen atoms in total. The lowest BCUT2D eigenvalue weighted by molar-refractivity contribution is -0.140. The molecule has 0 radical (unpaired) electrons. The van der Waals surface area contributed by atoms with Crippen molar-refractivity contribution in [1.82, 2.24) is 4.90 Å². The first kappa shape index (κ1) is 28.6. The molecule has 2 saturated carbocycles. The van der Waals surface area contributed by atoms with E-state index in [4.69, 9.17) is 0 Å². The van der Waals surface area contributed by atoms with Gasteiger partial charge in [-0.2, -0.15) is 18.4 Å². The zero-order valence-corrected chi connectivity index (χ0v) is 22.4. The number of nitriles is 1. The van der Waals surface area contributed by atoms with E-state index in [0.717, 1.165) is 70.2 Å². The molecular weight excluding hydrogens is 522 g/mol. The van der Waals surface area contributed by atoms with Gasteiger partial charge in [0.2, 0.25) is 5.91 Å². The number of nitrogens with one attached hydrogen (secondary N) is 1. The second kappa shape index (κ2) is 11.5. The van der Waals surface area contributed by atoms with Crippen molar-refractivity contribution in [2.45, 2.75) is 69.0 Å². The summed E-state index contributed by atoms with van der Waals surface area (Å²) in [5, 5.41) is 21.7. The fraction of sp³-hybridized carbons (Fsp3) is 0.548. The van der Waals surface area contributed by atoms with Gasteiger partial charge in [0.1, 0.15) is 5.82 Å². The van der Waals surface area contributed by atoms with Crippen LogP contribution in [0.15, 0.2) is 42.5 Å². The lowest BCUT2D eigenvalue weighted by Crippen LogP contribution is -2.36.